The maximum absolute atomic E-state index is 12.2. The summed E-state index contributed by atoms with van der Waals surface area (Å²) in [6.07, 6.45) is 2.84. The highest BCUT2D eigenvalue weighted by Gasteiger charge is 2.09. The van der Waals surface area contributed by atoms with Crippen LogP contribution in [0.3, 0.4) is 0 Å². The zero-order chi connectivity index (χ0) is 19.9. The minimum atomic E-state index is -0.435. The highest BCUT2D eigenvalue weighted by Crippen LogP contribution is 2.16. The van der Waals surface area contributed by atoms with Gasteiger partial charge >= 0.3 is 5.97 Å². The first-order chi connectivity index (χ1) is 13.6. The molecule has 0 aliphatic carbocycles. The van der Waals surface area contributed by atoms with Crippen molar-refractivity contribution in [3.05, 3.63) is 82.6 Å². The van der Waals surface area contributed by atoms with Crippen LogP contribution in [-0.4, -0.2) is 29.0 Å². The summed E-state index contributed by atoms with van der Waals surface area (Å²) >= 11 is 6.08. The van der Waals surface area contributed by atoms with Crippen LogP contribution in [-0.2, 0) is 11.3 Å². The number of benzene rings is 2. The Morgan fingerprint density at radius 2 is 1.79 bits per heavy atom. The van der Waals surface area contributed by atoms with Gasteiger partial charge in [0.05, 0.1) is 18.2 Å². The summed E-state index contributed by atoms with van der Waals surface area (Å²) in [5, 5.41) is 6.34. The van der Waals surface area contributed by atoms with Crippen LogP contribution in [0.15, 0.2) is 60.9 Å². The van der Waals surface area contributed by atoms with E-state index >= 15 is 0 Å². The van der Waals surface area contributed by atoms with Crippen molar-refractivity contribution in [2.45, 2.75) is 6.54 Å². The molecule has 0 fully saturated rings. The Hall–Kier alpha value is -3.45. The topological polar surface area (TPSA) is 93.2 Å². The number of hydrogen-bond acceptors (Lipinski definition) is 6. The molecule has 1 amide bonds. The molecule has 3 aromatic rings. The van der Waals surface area contributed by atoms with Gasteiger partial charge in [0.25, 0.3) is 5.91 Å². The van der Waals surface area contributed by atoms with Crippen molar-refractivity contribution < 1.29 is 14.3 Å². The standard InChI is InChI=1S/C20H17ClN4O3/c1-28-19(27)13-6-4-7-16(9-13)25-20-23-11-15(12-24-20)18(26)22-10-14-5-2-3-8-17(14)21/h2-9,11-12H,10H2,1H3,(H,22,26)(H,23,24,25). The lowest BCUT2D eigenvalue weighted by Crippen LogP contribution is -2.23. The SMILES string of the molecule is COC(=O)c1cccc(Nc2ncc(C(=O)NCc3ccccc3Cl)cn2)c1. The molecule has 0 saturated heterocycles. The van der Waals surface area contributed by atoms with E-state index in [-0.39, 0.29) is 5.91 Å². The molecule has 0 unspecified atom stereocenters. The van der Waals surface area contributed by atoms with Gasteiger partial charge in [-0.1, -0.05) is 35.9 Å². The number of nitrogens with zero attached hydrogens (tertiary/aromatic N) is 2. The summed E-state index contributed by atoms with van der Waals surface area (Å²) in [7, 11) is 1.32. The molecule has 142 valence electrons. The number of aromatic nitrogens is 2. The van der Waals surface area contributed by atoms with Gasteiger partial charge in [-0.2, -0.15) is 0 Å². The lowest BCUT2D eigenvalue weighted by atomic mass is 10.2. The lowest BCUT2D eigenvalue weighted by Gasteiger charge is -2.08. The summed E-state index contributed by atoms with van der Waals surface area (Å²) in [5.41, 5.74) is 2.17. The fourth-order valence-corrected chi connectivity index (χ4v) is 2.60. The average molecular weight is 397 g/mol. The Kier molecular flexibility index (Phi) is 6.18. The van der Waals surface area contributed by atoms with Crippen LogP contribution in [0, 0.1) is 0 Å². The Labute approximate surface area is 166 Å². The van der Waals surface area contributed by atoms with Crippen LogP contribution in [0.5, 0.6) is 0 Å². The van der Waals surface area contributed by atoms with Crippen molar-refractivity contribution in [1.82, 2.24) is 15.3 Å². The monoisotopic (exact) mass is 396 g/mol. The smallest absolute Gasteiger partial charge is 0.337 e. The number of amides is 1. The Balaban J connectivity index is 1.62. The first-order valence-corrected chi connectivity index (χ1v) is 8.73. The summed E-state index contributed by atoms with van der Waals surface area (Å²) in [5.74, 6) is -0.445. The van der Waals surface area contributed by atoms with Crippen molar-refractivity contribution in [3.63, 3.8) is 0 Å². The van der Waals surface area contributed by atoms with Gasteiger partial charge in [-0.15, -0.1) is 0 Å². The second-order valence-corrected chi connectivity index (χ2v) is 6.17. The number of hydrogen-bond donors (Lipinski definition) is 2. The molecule has 8 heteroatoms. The van der Waals surface area contributed by atoms with Gasteiger partial charge in [-0.3, -0.25) is 4.79 Å². The Morgan fingerprint density at radius 3 is 2.50 bits per heavy atom. The molecule has 0 spiro atoms. The van der Waals surface area contributed by atoms with E-state index in [1.165, 1.54) is 19.5 Å². The fraction of sp³-hybridized carbons (Fsp3) is 0.100. The van der Waals surface area contributed by atoms with E-state index in [1.807, 2.05) is 18.2 Å². The molecule has 3 rings (SSSR count). The molecule has 28 heavy (non-hydrogen) atoms. The minimum absolute atomic E-state index is 0.296. The van der Waals surface area contributed by atoms with Crippen LogP contribution < -0.4 is 10.6 Å². The number of anilines is 2. The van der Waals surface area contributed by atoms with Crippen molar-refractivity contribution in [3.8, 4) is 0 Å². The molecule has 0 bridgehead atoms. The third-order valence-electron chi connectivity index (χ3n) is 3.85. The predicted molar refractivity (Wildman–Crippen MR) is 106 cm³/mol. The minimum Gasteiger partial charge on any atom is -0.465 e. The molecular weight excluding hydrogens is 380 g/mol. The molecule has 0 radical (unpaired) electrons. The lowest BCUT2D eigenvalue weighted by molar-refractivity contribution is 0.0600. The maximum atomic E-state index is 12.2. The van der Waals surface area contributed by atoms with Gasteiger partial charge in [-0.25, -0.2) is 14.8 Å². The number of esters is 1. The summed E-state index contributed by atoms with van der Waals surface area (Å²) in [4.78, 5) is 32.1. The normalized spacial score (nSPS) is 10.2. The third kappa shape index (κ3) is 4.83. The van der Waals surface area contributed by atoms with Gasteiger partial charge in [0.2, 0.25) is 5.95 Å². The van der Waals surface area contributed by atoms with Crippen LogP contribution in [0.1, 0.15) is 26.3 Å². The number of carbonyl (C=O) groups is 2. The molecule has 7 nitrogen and oxygen atoms in total. The van der Waals surface area contributed by atoms with Crippen molar-refractivity contribution in [1.29, 1.82) is 0 Å². The number of carbonyl (C=O) groups excluding carboxylic acids is 2. The first-order valence-electron chi connectivity index (χ1n) is 8.36. The highest BCUT2D eigenvalue weighted by atomic mass is 35.5. The van der Waals surface area contributed by atoms with E-state index in [0.717, 1.165) is 5.56 Å². The molecule has 1 aromatic heterocycles. The molecule has 2 N–H and O–H groups in total. The van der Waals surface area contributed by atoms with E-state index in [0.29, 0.717) is 34.3 Å². The number of methoxy groups -OCH3 is 1. The second-order valence-electron chi connectivity index (χ2n) is 5.77. The second kappa shape index (κ2) is 8.96. The fourth-order valence-electron chi connectivity index (χ4n) is 2.40. The third-order valence-corrected chi connectivity index (χ3v) is 4.22. The van der Waals surface area contributed by atoms with Crippen LogP contribution in [0.25, 0.3) is 0 Å². The number of ether oxygens (including phenoxy) is 1. The van der Waals surface area contributed by atoms with Crippen LogP contribution in [0.4, 0.5) is 11.6 Å². The van der Waals surface area contributed by atoms with Crippen molar-refractivity contribution >= 4 is 35.1 Å². The van der Waals surface area contributed by atoms with E-state index in [2.05, 4.69) is 20.6 Å². The Morgan fingerprint density at radius 1 is 1.04 bits per heavy atom. The summed E-state index contributed by atoms with van der Waals surface area (Å²) < 4.78 is 4.70. The van der Waals surface area contributed by atoms with Crippen LogP contribution in [0.2, 0.25) is 5.02 Å². The van der Waals surface area contributed by atoms with Crippen molar-refractivity contribution in [2.75, 3.05) is 12.4 Å². The number of rotatable bonds is 6. The molecular formula is C20H17ClN4O3. The molecule has 0 aliphatic heterocycles. The summed E-state index contributed by atoms with van der Waals surface area (Å²) in [6.45, 7) is 0.304. The predicted octanol–water partition coefficient (Wildman–Crippen LogP) is 3.59. The molecule has 1 heterocycles. The van der Waals surface area contributed by atoms with E-state index < -0.39 is 5.97 Å². The van der Waals surface area contributed by atoms with Crippen molar-refractivity contribution in [2.24, 2.45) is 0 Å². The van der Waals surface area contributed by atoms with E-state index in [4.69, 9.17) is 16.3 Å². The molecule has 0 aliphatic rings. The molecule has 0 saturated carbocycles. The van der Waals surface area contributed by atoms with Gasteiger partial charge in [0.1, 0.15) is 0 Å². The maximum Gasteiger partial charge on any atom is 0.337 e. The highest BCUT2D eigenvalue weighted by molar-refractivity contribution is 6.31. The molecule has 2 aromatic carbocycles. The quantitative estimate of drug-likeness (QED) is 0.618. The zero-order valence-electron chi connectivity index (χ0n) is 15.0. The Bertz CT molecular complexity index is 993. The summed E-state index contributed by atoms with van der Waals surface area (Å²) in [6, 6.07) is 14.0. The van der Waals surface area contributed by atoms with Gasteiger partial charge in [0, 0.05) is 29.6 Å². The average Bonchev–Trinajstić information content (AvgIpc) is 2.73. The molecule has 0 atom stereocenters. The zero-order valence-corrected chi connectivity index (χ0v) is 15.7. The van der Waals surface area contributed by atoms with E-state index in [1.54, 1.807) is 30.3 Å². The first kappa shape index (κ1) is 19.3. The van der Waals surface area contributed by atoms with Gasteiger partial charge < -0.3 is 15.4 Å². The number of nitrogens with one attached hydrogen (secondary N) is 2. The van der Waals surface area contributed by atoms with Gasteiger partial charge in [0.15, 0.2) is 0 Å². The van der Waals surface area contributed by atoms with E-state index in [9.17, 15) is 9.59 Å². The van der Waals surface area contributed by atoms with Gasteiger partial charge in [-0.05, 0) is 29.8 Å². The van der Waals surface area contributed by atoms with Crippen LogP contribution >= 0.6 is 11.6 Å². The largest absolute Gasteiger partial charge is 0.465 e. The number of halogens is 1.